The first kappa shape index (κ1) is 12.4. The minimum Gasteiger partial charge on any atom is -0.271 e. The van der Waals surface area contributed by atoms with E-state index in [2.05, 4.69) is 63.3 Å². The Morgan fingerprint density at radius 3 is 2.57 bits per heavy atom. The van der Waals surface area contributed by atoms with E-state index in [1.165, 1.54) is 5.57 Å². The maximum Gasteiger partial charge on any atom is 0.0762 e. The molecule has 0 aliphatic carbocycles. The van der Waals surface area contributed by atoms with E-state index in [1.807, 2.05) is 0 Å². The molecule has 0 saturated heterocycles. The van der Waals surface area contributed by atoms with E-state index in [4.69, 9.17) is 5.84 Å². The van der Waals surface area contributed by atoms with Crippen molar-refractivity contribution in [1.29, 1.82) is 0 Å². The quantitative estimate of drug-likeness (QED) is 0.500. The van der Waals surface area contributed by atoms with Gasteiger partial charge in [-0.3, -0.25) is 5.84 Å². The van der Waals surface area contributed by atoms with Crippen molar-refractivity contribution in [2.45, 2.75) is 19.9 Å². The fourth-order valence-corrected chi connectivity index (χ4v) is 4.06. The molecule has 78 valence electrons. The van der Waals surface area contributed by atoms with Crippen LogP contribution in [0.4, 0.5) is 0 Å². The molecule has 1 unspecified atom stereocenters. The van der Waals surface area contributed by atoms with Gasteiger partial charge in [0.1, 0.15) is 0 Å². The lowest BCUT2D eigenvalue weighted by Crippen LogP contribution is -2.26. The Hall–Kier alpha value is 0.320. The Morgan fingerprint density at radius 2 is 2.21 bits per heavy atom. The Kier molecular flexibility index (Phi) is 4.79. The summed E-state index contributed by atoms with van der Waals surface area (Å²) in [5.41, 5.74) is 5.18. The van der Waals surface area contributed by atoms with E-state index in [-0.39, 0.29) is 6.04 Å². The van der Waals surface area contributed by atoms with Crippen molar-refractivity contribution < 1.29 is 0 Å². The standard InChI is InChI=1S/C9H12Br2N2S/c1-5(2)3-7(13-12)6-4-8(10)14-9(6)11/h3-4,7,13H,12H2,1-2H3. The first-order valence-electron chi connectivity index (χ1n) is 4.10. The summed E-state index contributed by atoms with van der Waals surface area (Å²) < 4.78 is 2.20. The van der Waals surface area contributed by atoms with Crippen molar-refractivity contribution in [3.05, 3.63) is 30.9 Å². The van der Waals surface area contributed by atoms with Crippen LogP contribution < -0.4 is 11.3 Å². The zero-order chi connectivity index (χ0) is 10.7. The number of hydrazine groups is 1. The van der Waals surface area contributed by atoms with Crippen LogP contribution in [0, 0.1) is 0 Å². The van der Waals surface area contributed by atoms with Gasteiger partial charge in [-0.2, -0.15) is 0 Å². The van der Waals surface area contributed by atoms with Gasteiger partial charge in [-0.1, -0.05) is 11.6 Å². The van der Waals surface area contributed by atoms with Gasteiger partial charge in [0.2, 0.25) is 0 Å². The summed E-state index contributed by atoms with van der Waals surface area (Å²) in [4.78, 5) is 0. The molecule has 3 N–H and O–H groups in total. The molecule has 0 bridgehead atoms. The van der Waals surface area contributed by atoms with Crippen LogP contribution in [0.25, 0.3) is 0 Å². The SMILES string of the molecule is CC(C)=CC(NN)c1cc(Br)sc1Br. The van der Waals surface area contributed by atoms with E-state index in [9.17, 15) is 0 Å². The third-order valence-electron chi connectivity index (χ3n) is 1.70. The molecular formula is C9H12Br2N2S. The molecule has 0 amide bonds. The molecule has 1 atom stereocenters. The molecule has 5 heteroatoms. The third kappa shape index (κ3) is 3.17. The molecule has 1 heterocycles. The van der Waals surface area contributed by atoms with Gasteiger partial charge >= 0.3 is 0 Å². The van der Waals surface area contributed by atoms with Crippen molar-refractivity contribution in [2.24, 2.45) is 5.84 Å². The zero-order valence-electron chi connectivity index (χ0n) is 7.97. The number of halogens is 2. The maximum atomic E-state index is 5.51. The molecule has 0 fully saturated rings. The number of nitrogens with one attached hydrogen (secondary N) is 1. The zero-order valence-corrected chi connectivity index (χ0v) is 12.0. The van der Waals surface area contributed by atoms with Crippen LogP contribution in [-0.4, -0.2) is 0 Å². The van der Waals surface area contributed by atoms with Crippen LogP contribution in [0.15, 0.2) is 25.3 Å². The van der Waals surface area contributed by atoms with Crippen LogP contribution in [0.2, 0.25) is 0 Å². The average Bonchev–Trinajstić information content (AvgIpc) is 2.41. The number of nitrogens with two attached hydrogens (primary N) is 1. The Morgan fingerprint density at radius 1 is 1.57 bits per heavy atom. The maximum absolute atomic E-state index is 5.51. The molecular weight excluding hydrogens is 328 g/mol. The number of rotatable bonds is 3. The van der Waals surface area contributed by atoms with Crippen LogP contribution in [0.1, 0.15) is 25.5 Å². The summed E-state index contributed by atoms with van der Waals surface area (Å²) >= 11 is 8.61. The lowest BCUT2D eigenvalue weighted by atomic mass is 10.1. The highest BCUT2D eigenvalue weighted by Crippen LogP contribution is 2.35. The van der Waals surface area contributed by atoms with E-state index in [0.717, 1.165) is 13.1 Å². The highest BCUT2D eigenvalue weighted by Gasteiger charge is 2.13. The second-order valence-electron chi connectivity index (χ2n) is 3.17. The average molecular weight is 340 g/mol. The summed E-state index contributed by atoms with van der Waals surface area (Å²) in [6.45, 7) is 4.11. The minimum atomic E-state index is 0.0666. The summed E-state index contributed by atoms with van der Waals surface area (Å²) in [6.07, 6.45) is 2.10. The predicted octanol–water partition coefficient (Wildman–Crippen LogP) is 3.74. The third-order valence-corrected chi connectivity index (χ3v) is 4.08. The number of hydrogen-bond donors (Lipinski definition) is 2. The summed E-state index contributed by atoms with van der Waals surface area (Å²) in [6, 6.07) is 2.13. The molecule has 0 aromatic carbocycles. The van der Waals surface area contributed by atoms with Crippen LogP contribution >= 0.6 is 43.2 Å². The molecule has 0 saturated carbocycles. The summed E-state index contributed by atoms with van der Waals surface area (Å²) in [5, 5.41) is 0. The lowest BCUT2D eigenvalue weighted by Gasteiger charge is -2.11. The molecule has 2 nitrogen and oxygen atoms in total. The topological polar surface area (TPSA) is 38.0 Å². The molecule has 1 rings (SSSR count). The highest BCUT2D eigenvalue weighted by atomic mass is 79.9. The Labute approximate surface area is 105 Å². The first-order valence-corrected chi connectivity index (χ1v) is 6.50. The largest absolute Gasteiger partial charge is 0.271 e. The van der Waals surface area contributed by atoms with E-state index < -0.39 is 0 Å². The van der Waals surface area contributed by atoms with Gasteiger partial charge in [0.25, 0.3) is 0 Å². The van der Waals surface area contributed by atoms with Gasteiger partial charge in [0, 0.05) is 5.56 Å². The smallest absolute Gasteiger partial charge is 0.0762 e. The van der Waals surface area contributed by atoms with Gasteiger partial charge < -0.3 is 0 Å². The molecule has 0 aliphatic heterocycles. The molecule has 14 heavy (non-hydrogen) atoms. The summed E-state index contributed by atoms with van der Waals surface area (Å²) in [5.74, 6) is 5.51. The summed E-state index contributed by atoms with van der Waals surface area (Å²) in [7, 11) is 0. The van der Waals surface area contributed by atoms with Crippen molar-refractivity contribution in [1.82, 2.24) is 5.43 Å². The molecule has 0 radical (unpaired) electrons. The van der Waals surface area contributed by atoms with Crippen molar-refractivity contribution in [3.8, 4) is 0 Å². The van der Waals surface area contributed by atoms with Crippen LogP contribution in [0.3, 0.4) is 0 Å². The van der Waals surface area contributed by atoms with E-state index >= 15 is 0 Å². The predicted molar refractivity (Wildman–Crippen MR) is 69.2 cm³/mol. The normalized spacial score (nSPS) is 12.6. The van der Waals surface area contributed by atoms with E-state index in [1.54, 1.807) is 11.3 Å². The first-order chi connectivity index (χ1) is 6.54. The molecule has 0 spiro atoms. The lowest BCUT2D eigenvalue weighted by molar-refractivity contribution is 0.652. The number of thiophene rings is 1. The van der Waals surface area contributed by atoms with Gasteiger partial charge in [0.05, 0.1) is 13.6 Å². The van der Waals surface area contributed by atoms with Crippen molar-refractivity contribution >= 4 is 43.2 Å². The molecule has 1 aromatic rings. The Bertz CT molecular complexity index is 343. The van der Waals surface area contributed by atoms with Gasteiger partial charge in [-0.15, -0.1) is 11.3 Å². The fourth-order valence-electron chi connectivity index (χ4n) is 1.13. The van der Waals surface area contributed by atoms with Gasteiger partial charge in [0.15, 0.2) is 0 Å². The highest BCUT2D eigenvalue weighted by molar-refractivity contribution is 9.12. The Balaban J connectivity index is 3.00. The van der Waals surface area contributed by atoms with Crippen molar-refractivity contribution in [3.63, 3.8) is 0 Å². The second kappa shape index (κ2) is 5.42. The number of hydrogen-bond acceptors (Lipinski definition) is 3. The monoisotopic (exact) mass is 338 g/mol. The minimum absolute atomic E-state index is 0.0666. The fraction of sp³-hybridized carbons (Fsp3) is 0.333. The number of allylic oxidation sites excluding steroid dienone is 1. The second-order valence-corrected chi connectivity index (χ2v) is 6.92. The van der Waals surface area contributed by atoms with Crippen molar-refractivity contribution in [2.75, 3.05) is 0 Å². The van der Waals surface area contributed by atoms with Crippen LogP contribution in [0.5, 0.6) is 0 Å². The molecule has 1 aromatic heterocycles. The molecule has 0 aliphatic rings. The van der Waals surface area contributed by atoms with Crippen LogP contribution in [-0.2, 0) is 0 Å². The van der Waals surface area contributed by atoms with Gasteiger partial charge in [-0.25, -0.2) is 5.43 Å². The van der Waals surface area contributed by atoms with E-state index in [0.29, 0.717) is 0 Å². The van der Waals surface area contributed by atoms with Gasteiger partial charge in [-0.05, 0) is 51.8 Å².